The number of rotatable bonds is 4. The van der Waals surface area contributed by atoms with E-state index in [1.54, 1.807) is 13.3 Å². The third-order valence-electron chi connectivity index (χ3n) is 2.77. The van der Waals surface area contributed by atoms with E-state index < -0.39 is 0 Å². The summed E-state index contributed by atoms with van der Waals surface area (Å²) in [4.78, 5) is 8.80. The second-order valence-electron chi connectivity index (χ2n) is 3.68. The zero-order chi connectivity index (χ0) is 10.0. The van der Waals surface area contributed by atoms with Crippen LogP contribution in [0.3, 0.4) is 0 Å². The fourth-order valence-corrected chi connectivity index (χ4v) is 1.68. The van der Waals surface area contributed by atoms with Crippen LogP contribution in [0, 0.1) is 0 Å². The molecule has 0 radical (unpaired) electrons. The highest BCUT2D eigenvalue weighted by Gasteiger charge is 2.44. The summed E-state index contributed by atoms with van der Waals surface area (Å²) in [5.41, 5.74) is 1.32. The van der Waals surface area contributed by atoms with Gasteiger partial charge in [-0.15, -0.1) is 0 Å². The minimum absolute atomic E-state index is 0.116. The first kappa shape index (κ1) is 9.43. The molecule has 1 heterocycles. The average Bonchev–Trinajstić information content (AvgIpc) is 3.00. The van der Waals surface area contributed by atoms with Crippen molar-refractivity contribution in [1.29, 1.82) is 0 Å². The van der Waals surface area contributed by atoms with Gasteiger partial charge in [-0.25, -0.2) is 10.9 Å². The van der Waals surface area contributed by atoms with Crippen molar-refractivity contribution in [1.82, 2.24) is 4.98 Å². The Labute approximate surface area is 83.0 Å². The maximum atomic E-state index is 5.12. The van der Waals surface area contributed by atoms with Crippen molar-refractivity contribution in [3.05, 3.63) is 23.9 Å². The molecule has 0 aliphatic heterocycles. The van der Waals surface area contributed by atoms with Crippen LogP contribution in [0.25, 0.3) is 0 Å². The Morgan fingerprint density at radius 2 is 2.36 bits per heavy atom. The monoisotopic (exact) mass is 194 g/mol. The highest BCUT2D eigenvalue weighted by Crippen LogP contribution is 2.48. The molecule has 1 aliphatic carbocycles. The summed E-state index contributed by atoms with van der Waals surface area (Å²) < 4.78 is 5.07. The molecule has 4 nitrogen and oxygen atoms in total. The van der Waals surface area contributed by atoms with E-state index in [-0.39, 0.29) is 5.41 Å². The first-order valence-electron chi connectivity index (χ1n) is 4.63. The predicted octanol–water partition coefficient (Wildman–Crippen LogP) is 1.01. The zero-order valence-electron chi connectivity index (χ0n) is 8.19. The summed E-state index contributed by atoms with van der Waals surface area (Å²) in [6.07, 6.45) is 4.00. The Morgan fingerprint density at radius 1 is 1.57 bits per heavy atom. The van der Waals surface area contributed by atoms with Gasteiger partial charge in [0.2, 0.25) is 5.88 Å². The normalized spacial score (nSPS) is 17.9. The lowest BCUT2D eigenvalue weighted by Crippen LogP contribution is -2.18. The summed E-state index contributed by atoms with van der Waals surface area (Å²) in [6.45, 7) is 0.570. The minimum Gasteiger partial charge on any atom is -0.481 e. The Balaban J connectivity index is 2.23. The molecule has 76 valence electrons. The van der Waals surface area contributed by atoms with Gasteiger partial charge in [0.05, 0.1) is 13.7 Å². The zero-order valence-corrected chi connectivity index (χ0v) is 8.19. The van der Waals surface area contributed by atoms with Crippen molar-refractivity contribution in [2.24, 2.45) is 5.90 Å². The number of methoxy groups -OCH3 is 1. The maximum absolute atomic E-state index is 5.12. The van der Waals surface area contributed by atoms with Crippen LogP contribution in [0.2, 0.25) is 0 Å². The third kappa shape index (κ3) is 1.58. The van der Waals surface area contributed by atoms with Gasteiger partial charge in [0.1, 0.15) is 0 Å². The smallest absolute Gasteiger partial charge is 0.213 e. The molecule has 2 N–H and O–H groups in total. The fraction of sp³-hybridized carbons (Fsp3) is 0.500. The predicted molar refractivity (Wildman–Crippen MR) is 51.8 cm³/mol. The van der Waals surface area contributed by atoms with Crippen molar-refractivity contribution in [3.8, 4) is 5.88 Å². The lowest BCUT2D eigenvalue weighted by Gasteiger charge is -2.13. The number of pyridine rings is 1. The average molecular weight is 194 g/mol. The molecule has 0 unspecified atom stereocenters. The molecule has 1 aliphatic rings. The van der Waals surface area contributed by atoms with Crippen molar-refractivity contribution in [2.45, 2.75) is 18.3 Å². The van der Waals surface area contributed by atoms with Crippen LogP contribution in [0.15, 0.2) is 18.3 Å². The first-order chi connectivity index (χ1) is 6.80. The standard InChI is InChI=1S/C10H14N2O2/c1-13-9-6-8(2-5-12-9)10(3-4-10)7-14-11/h2,5-6H,3-4,7,11H2,1H3. The third-order valence-corrected chi connectivity index (χ3v) is 2.77. The number of nitrogens with two attached hydrogens (primary N) is 1. The van der Waals surface area contributed by atoms with Gasteiger partial charge in [0.25, 0.3) is 0 Å². The summed E-state index contributed by atoms with van der Waals surface area (Å²) in [7, 11) is 1.62. The quantitative estimate of drug-likeness (QED) is 0.727. The van der Waals surface area contributed by atoms with Crippen LogP contribution >= 0.6 is 0 Å². The van der Waals surface area contributed by atoms with Gasteiger partial charge in [-0.05, 0) is 24.5 Å². The lowest BCUT2D eigenvalue weighted by molar-refractivity contribution is 0.116. The molecule has 0 atom stereocenters. The number of nitrogens with zero attached hydrogens (tertiary/aromatic N) is 1. The molecule has 1 saturated carbocycles. The van der Waals surface area contributed by atoms with Gasteiger partial charge in [-0.3, -0.25) is 0 Å². The summed E-state index contributed by atoms with van der Waals surface area (Å²) in [5.74, 6) is 5.76. The number of hydrogen-bond acceptors (Lipinski definition) is 4. The van der Waals surface area contributed by atoms with E-state index in [0.717, 1.165) is 12.8 Å². The molecule has 14 heavy (non-hydrogen) atoms. The molecule has 1 aromatic heterocycles. The van der Waals surface area contributed by atoms with Crippen LogP contribution in [0.5, 0.6) is 5.88 Å². The lowest BCUT2D eigenvalue weighted by atomic mass is 9.98. The van der Waals surface area contributed by atoms with E-state index in [1.165, 1.54) is 5.56 Å². The van der Waals surface area contributed by atoms with Gasteiger partial charge in [0, 0.05) is 17.7 Å². The minimum atomic E-state index is 0.116. The molecular formula is C10H14N2O2. The SMILES string of the molecule is COc1cc(C2(CON)CC2)ccn1. The largest absolute Gasteiger partial charge is 0.481 e. The number of aromatic nitrogens is 1. The molecule has 0 amide bonds. The molecule has 4 heteroatoms. The van der Waals surface area contributed by atoms with E-state index in [0.29, 0.717) is 12.5 Å². The van der Waals surface area contributed by atoms with Crippen LogP contribution in [0.4, 0.5) is 0 Å². The van der Waals surface area contributed by atoms with Gasteiger partial charge < -0.3 is 9.57 Å². The van der Waals surface area contributed by atoms with Crippen molar-refractivity contribution < 1.29 is 9.57 Å². The highest BCUT2D eigenvalue weighted by molar-refractivity contribution is 5.33. The molecule has 1 fully saturated rings. The van der Waals surface area contributed by atoms with Gasteiger partial charge in [-0.2, -0.15) is 0 Å². The molecule has 0 saturated heterocycles. The molecule has 2 rings (SSSR count). The highest BCUT2D eigenvalue weighted by atomic mass is 16.6. The Morgan fingerprint density at radius 3 is 2.93 bits per heavy atom. The van der Waals surface area contributed by atoms with E-state index in [9.17, 15) is 0 Å². The fourth-order valence-electron chi connectivity index (χ4n) is 1.68. The summed E-state index contributed by atoms with van der Waals surface area (Å²) in [5, 5.41) is 0. The van der Waals surface area contributed by atoms with Gasteiger partial charge >= 0.3 is 0 Å². The number of hydrogen-bond donors (Lipinski definition) is 1. The molecule has 1 aromatic rings. The van der Waals surface area contributed by atoms with Crippen LogP contribution in [0.1, 0.15) is 18.4 Å². The topological polar surface area (TPSA) is 57.4 Å². The summed E-state index contributed by atoms with van der Waals surface area (Å²) in [6, 6.07) is 3.94. The van der Waals surface area contributed by atoms with Crippen LogP contribution < -0.4 is 10.6 Å². The van der Waals surface area contributed by atoms with Crippen LogP contribution in [-0.2, 0) is 10.3 Å². The molecule has 0 bridgehead atoms. The van der Waals surface area contributed by atoms with E-state index >= 15 is 0 Å². The van der Waals surface area contributed by atoms with E-state index in [1.807, 2.05) is 12.1 Å². The first-order valence-corrected chi connectivity index (χ1v) is 4.63. The molecule has 0 aromatic carbocycles. The van der Waals surface area contributed by atoms with Crippen molar-refractivity contribution >= 4 is 0 Å². The summed E-state index contributed by atoms with van der Waals surface area (Å²) >= 11 is 0. The van der Waals surface area contributed by atoms with E-state index in [4.69, 9.17) is 15.5 Å². The van der Waals surface area contributed by atoms with Crippen LogP contribution in [-0.4, -0.2) is 18.7 Å². The maximum Gasteiger partial charge on any atom is 0.213 e. The molecule has 0 spiro atoms. The van der Waals surface area contributed by atoms with E-state index in [2.05, 4.69) is 4.98 Å². The molecular weight excluding hydrogens is 180 g/mol. The van der Waals surface area contributed by atoms with Crippen molar-refractivity contribution in [3.63, 3.8) is 0 Å². The Kier molecular flexibility index (Phi) is 2.39. The second-order valence-corrected chi connectivity index (χ2v) is 3.68. The number of ether oxygens (including phenoxy) is 1. The Bertz CT molecular complexity index is 324. The van der Waals surface area contributed by atoms with Gasteiger partial charge in [-0.1, -0.05) is 0 Å². The Hall–Kier alpha value is -1.13. The second kappa shape index (κ2) is 3.55. The van der Waals surface area contributed by atoms with Gasteiger partial charge in [0.15, 0.2) is 0 Å². The van der Waals surface area contributed by atoms with Crippen molar-refractivity contribution in [2.75, 3.05) is 13.7 Å².